The van der Waals surface area contributed by atoms with Gasteiger partial charge in [-0.15, -0.1) is 0 Å². The van der Waals surface area contributed by atoms with Crippen molar-refractivity contribution in [3.63, 3.8) is 0 Å². The molecule has 0 spiro atoms. The molecule has 0 aromatic rings. The Balaban J connectivity index is 2.78. The summed E-state index contributed by atoms with van der Waals surface area (Å²) in [6.45, 7) is 0.790. The lowest BCUT2D eigenvalue weighted by atomic mass is 10.3. The average Bonchev–Trinajstić information content (AvgIpc) is 2.13. The number of rotatable bonds is 1. The molecule has 0 aliphatic carbocycles. The molecule has 0 saturated heterocycles. The molecule has 0 amide bonds. The van der Waals surface area contributed by atoms with Crippen LogP contribution in [0, 0.1) is 5.41 Å². The van der Waals surface area contributed by atoms with E-state index in [1.54, 1.807) is 0 Å². The highest BCUT2D eigenvalue weighted by Crippen LogP contribution is 2.11. The minimum absolute atomic E-state index is 0.00926. The lowest BCUT2D eigenvalue weighted by Crippen LogP contribution is -2.03. The van der Waals surface area contributed by atoms with E-state index in [1.807, 2.05) is 0 Å². The van der Waals surface area contributed by atoms with Crippen molar-refractivity contribution in [3.05, 3.63) is 11.3 Å². The third-order valence-corrected chi connectivity index (χ3v) is 1.38. The number of hydrogen-bond donors (Lipinski definition) is 2. The van der Waals surface area contributed by atoms with Gasteiger partial charge in [0, 0.05) is 11.3 Å². The number of ether oxygens (including phenoxy) is 1. The van der Waals surface area contributed by atoms with E-state index in [0.717, 1.165) is 0 Å². The predicted molar refractivity (Wildman–Crippen MR) is 35.6 cm³/mol. The normalized spacial score (nSPS) is 18.8. The fourth-order valence-electron chi connectivity index (χ4n) is 0.647. The molecule has 0 aromatic heterocycles. The first-order chi connectivity index (χ1) is 4.22. The molecular formula is C5H7ClN2O. The van der Waals surface area contributed by atoms with Crippen LogP contribution in [0.15, 0.2) is 11.3 Å². The van der Waals surface area contributed by atoms with Crippen LogP contribution in [0.4, 0.5) is 0 Å². The molecule has 0 bridgehead atoms. The smallest absolute Gasteiger partial charge is 0.128 e. The maximum absolute atomic E-state index is 6.97. The summed E-state index contributed by atoms with van der Waals surface area (Å²) in [6, 6.07) is 0. The molecule has 0 radical (unpaired) electrons. The average molecular weight is 147 g/mol. The molecule has 1 aliphatic heterocycles. The lowest BCUT2D eigenvalue weighted by molar-refractivity contribution is 0.206. The van der Waals surface area contributed by atoms with Crippen molar-refractivity contribution in [1.29, 1.82) is 5.41 Å². The highest BCUT2D eigenvalue weighted by molar-refractivity contribution is 6.68. The fourth-order valence-corrected chi connectivity index (χ4v) is 0.823. The molecule has 50 valence electrons. The summed E-state index contributed by atoms with van der Waals surface area (Å²) in [5.74, 6) is 0. The van der Waals surface area contributed by atoms with Crippen LogP contribution in [0.25, 0.3) is 0 Å². The van der Waals surface area contributed by atoms with Crippen LogP contribution in [0.5, 0.6) is 0 Å². The van der Waals surface area contributed by atoms with Gasteiger partial charge in [-0.25, -0.2) is 0 Å². The lowest BCUT2D eigenvalue weighted by Gasteiger charge is -1.92. The predicted octanol–water partition coefficient (Wildman–Crippen LogP) is 0.445. The van der Waals surface area contributed by atoms with E-state index in [0.29, 0.717) is 24.5 Å². The van der Waals surface area contributed by atoms with Crippen LogP contribution in [0.1, 0.15) is 0 Å². The zero-order valence-corrected chi connectivity index (χ0v) is 5.53. The van der Waals surface area contributed by atoms with Crippen molar-refractivity contribution < 1.29 is 4.74 Å². The molecule has 1 rings (SSSR count). The molecule has 0 unspecified atom stereocenters. The largest absolute Gasteiger partial charge is 0.400 e. The zero-order chi connectivity index (χ0) is 6.85. The van der Waals surface area contributed by atoms with Gasteiger partial charge in [0.05, 0.1) is 13.2 Å². The van der Waals surface area contributed by atoms with Crippen molar-refractivity contribution in [3.8, 4) is 0 Å². The first-order valence-corrected chi connectivity index (χ1v) is 2.89. The monoisotopic (exact) mass is 146 g/mol. The van der Waals surface area contributed by atoms with Crippen LogP contribution in [-0.4, -0.2) is 18.4 Å². The van der Waals surface area contributed by atoms with E-state index in [2.05, 4.69) is 0 Å². The zero-order valence-electron chi connectivity index (χ0n) is 4.78. The van der Waals surface area contributed by atoms with Crippen molar-refractivity contribution in [1.82, 2.24) is 0 Å². The van der Waals surface area contributed by atoms with Crippen molar-refractivity contribution >= 4 is 16.8 Å². The first kappa shape index (κ1) is 6.58. The Morgan fingerprint density at radius 3 is 2.56 bits per heavy atom. The molecular weight excluding hydrogens is 140 g/mol. The topological polar surface area (TPSA) is 59.1 Å². The molecule has 9 heavy (non-hydrogen) atoms. The summed E-state index contributed by atoms with van der Waals surface area (Å²) >= 11 is 5.34. The van der Waals surface area contributed by atoms with Gasteiger partial charge in [0.1, 0.15) is 5.17 Å². The molecule has 1 aliphatic rings. The maximum atomic E-state index is 6.97. The molecule has 0 fully saturated rings. The van der Waals surface area contributed by atoms with Crippen LogP contribution in [0.3, 0.4) is 0 Å². The first-order valence-electron chi connectivity index (χ1n) is 2.51. The molecule has 3 N–H and O–H groups in total. The number of hydrogen-bond acceptors (Lipinski definition) is 3. The van der Waals surface area contributed by atoms with Gasteiger partial charge in [0.2, 0.25) is 0 Å². The third kappa shape index (κ3) is 1.23. The van der Waals surface area contributed by atoms with E-state index in [9.17, 15) is 0 Å². The summed E-state index contributed by atoms with van der Waals surface area (Å²) in [4.78, 5) is 0. The summed E-state index contributed by atoms with van der Waals surface area (Å²) in [5, 5.41) is 6.96. The van der Waals surface area contributed by atoms with Gasteiger partial charge in [-0.1, -0.05) is 11.6 Å². The van der Waals surface area contributed by atoms with Crippen molar-refractivity contribution in [2.45, 2.75) is 0 Å². The summed E-state index contributed by atoms with van der Waals surface area (Å²) in [5.41, 5.74) is 6.61. The van der Waals surface area contributed by atoms with Gasteiger partial charge in [0.15, 0.2) is 0 Å². The van der Waals surface area contributed by atoms with Crippen LogP contribution in [-0.2, 0) is 4.74 Å². The minimum atomic E-state index is -0.00926. The van der Waals surface area contributed by atoms with Gasteiger partial charge in [-0.3, -0.25) is 5.41 Å². The summed E-state index contributed by atoms with van der Waals surface area (Å²) in [7, 11) is 0. The maximum Gasteiger partial charge on any atom is 0.128 e. The second-order valence-corrected chi connectivity index (χ2v) is 2.19. The Morgan fingerprint density at radius 1 is 1.67 bits per heavy atom. The van der Waals surface area contributed by atoms with E-state index < -0.39 is 0 Å². The van der Waals surface area contributed by atoms with Crippen molar-refractivity contribution in [2.24, 2.45) is 5.73 Å². The summed E-state index contributed by atoms with van der Waals surface area (Å²) in [6.07, 6.45) is 0. The third-order valence-electron chi connectivity index (χ3n) is 1.16. The molecule has 3 nitrogen and oxygen atoms in total. The fraction of sp³-hybridized carbons (Fsp3) is 0.400. The Kier molecular flexibility index (Phi) is 1.73. The number of halogens is 1. The summed E-state index contributed by atoms with van der Waals surface area (Å²) < 4.78 is 4.91. The minimum Gasteiger partial charge on any atom is -0.400 e. The van der Waals surface area contributed by atoms with Gasteiger partial charge < -0.3 is 10.5 Å². The molecule has 4 heteroatoms. The van der Waals surface area contributed by atoms with E-state index in [4.69, 9.17) is 27.5 Å². The SMILES string of the molecule is N=C(Cl)C1=C(N)COC1. The van der Waals surface area contributed by atoms with Gasteiger partial charge in [0.25, 0.3) is 0 Å². The van der Waals surface area contributed by atoms with Gasteiger partial charge in [-0.2, -0.15) is 0 Å². The molecule has 1 heterocycles. The Labute approximate surface area is 57.9 Å². The second kappa shape index (κ2) is 2.37. The quantitative estimate of drug-likeness (QED) is 0.528. The number of nitrogens with one attached hydrogen (secondary N) is 1. The van der Waals surface area contributed by atoms with Crippen LogP contribution in [0.2, 0.25) is 0 Å². The highest BCUT2D eigenvalue weighted by Gasteiger charge is 2.14. The van der Waals surface area contributed by atoms with Crippen LogP contribution < -0.4 is 5.73 Å². The highest BCUT2D eigenvalue weighted by atomic mass is 35.5. The van der Waals surface area contributed by atoms with E-state index >= 15 is 0 Å². The molecule has 0 aromatic carbocycles. The van der Waals surface area contributed by atoms with Gasteiger partial charge >= 0.3 is 0 Å². The molecule has 0 saturated carbocycles. The van der Waals surface area contributed by atoms with Gasteiger partial charge in [-0.05, 0) is 0 Å². The Hall–Kier alpha value is -0.540. The molecule has 0 atom stereocenters. The van der Waals surface area contributed by atoms with Crippen molar-refractivity contribution in [2.75, 3.05) is 13.2 Å². The number of nitrogens with two attached hydrogens (primary N) is 1. The second-order valence-electron chi connectivity index (χ2n) is 1.81. The Morgan fingerprint density at radius 2 is 2.33 bits per heavy atom. The standard InChI is InChI=1S/C5H7ClN2O/c6-5(8)3-1-9-2-4(3)7/h8H,1-2,7H2. The van der Waals surface area contributed by atoms with Crippen LogP contribution >= 0.6 is 11.6 Å². The van der Waals surface area contributed by atoms with E-state index in [-0.39, 0.29) is 5.17 Å². The Bertz CT molecular complexity index is 176. The van der Waals surface area contributed by atoms with E-state index in [1.165, 1.54) is 0 Å².